The van der Waals surface area contributed by atoms with Crippen molar-refractivity contribution in [2.75, 3.05) is 19.1 Å². The lowest BCUT2D eigenvalue weighted by atomic mass is 9.85. The molecule has 1 aliphatic rings. The van der Waals surface area contributed by atoms with Gasteiger partial charge >= 0.3 is 0 Å². The minimum absolute atomic E-state index is 0.0331. The monoisotopic (exact) mass is 497 g/mol. The summed E-state index contributed by atoms with van der Waals surface area (Å²) in [6, 6.07) is 22.4. The molecular formula is C27H24ClN7O. The van der Waals surface area contributed by atoms with Crippen LogP contribution in [0.3, 0.4) is 0 Å². The Labute approximate surface area is 213 Å². The first-order chi connectivity index (χ1) is 17.5. The predicted molar refractivity (Wildman–Crippen MR) is 138 cm³/mol. The van der Waals surface area contributed by atoms with E-state index in [9.17, 15) is 0 Å². The normalized spacial score (nSPS) is 15.3. The number of anilines is 2. The molecule has 2 aromatic heterocycles. The van der Waals surface area contributed by atoms with Crippen LogP contribution >= 0.6 is 11.6 Å². The minimum atomic E-state index is -0.220. The van der Waals surface area contributed by atoms with E-state index in [4.69, 9.17) is 16.3 Å². The Balaban J connectivity index is 1.55. The lowest BCUT2D eigenvalue weighted by molar-refractivity contribution is 0.414. The number of tetrazole rings is 1. The molecule has 180 valence electrons. The van der Waals surface area contributed by atoms with Gasteiger partial charge in [-0.3, -0.25) is 0 Å². The van der Waals surface area contributed by atoms with Gasteiger partial charge in [0.1, 0.15) is 11.8 Å². The van der Waals surface area contributed by atoms with Crippen molar-refractivity contribution in [1.82, 2.24) is 29.8 Å². The Hall–Kier alpha value is -4.17. The van der Waals surface area contributed by atoms with Crippen molar-refractivity contribution in [2.24, 2.45) is 7.05 Å². The molecule has 8 nitrogen and oxygen atoms in total. The molecule has 0 aliphatic carbocycles. The number of hydrogen-bond donors (Lipinski definition) is 0. The first-order valence-electron chi connectivity index (χ1n) is 11.6. The van der Waals surface area contributed by atoms with Gasteiger partial charge in [0.15, 0.2) is 0 Å². The lowest BCUT2D eigenvalue weighted by Crippen LogP contribution is -2.28. The molecule has 0 amide bonds. The summed E-state index contributed by atoms with van der Waals surface area (Å²) < 4.78 is 9.31. The van der Waals surface area contributed by atoms with Crippen LogP contribution < -0.4 is 9.64 Å². The smallest absolute Gasteiger partial charge is 0.250 e. The summed E-state index contributed by atoms with van der Waals surface area (Å²) in [7, 11) is 5.68. The first kappa shape index (κ1) is 22.3. The molecule has 5 aromatic rings. The molecule has 2 unspecified atom stereocenters. The van der Waals surface area contributed by atoms with Crippen molar-refractivity contribution in [3.63, 3.8) is 0 Å². The van der Waals surface area contributed by atoms with E-state index in [2.05, 4.69) is 61.5 Å². The minimum Gasteiger partial charge on any atom is -0.497 e. The second-order valence-electron chi connectivity index (χ2n) is 8.89. The summed E-state index contributed by atoms with van der Waals surface area (Å²) in [6.07, 6.45) is 3.76. The van der Waals surface area contributed by atoms with Crippen LogP contribution in [0.2, 0.25) is 5.02 Å². The van der Waals surface area contributed by atoms with E-state index in [1.807, 2.05) is 66.5 Å². The number of rotatable bonds is 5. The predicted octanol–water partition coefficient (Wildman–Crippen LogP) is 4.97. The summed E-state index contributed by atoms with van der Waals surface area (Å²) in [6.45, 7) is 0. The number of fused-ring (bicyclic) bond motifs is 2. The van der Waals surface area contributed by atoms with Crippen LogP contribution in [0.25, 0.3) is 0 Å². The fourth-order valence-electron chi connectivity index (χ4n) is 5.07. The van der Waals surface area contributed by atoms with Crippen molar-refractivity contribution in [3.8, 4) is 5.75 Å². The number of aromatic nitrogens is 6. The standard InChI is InChI=1S/C27H24ClN7O/c1-33-16-29-15-24(33)25(17-7-10-21(36-3)11-8-17)18-9-12-23-22(14-18)26(19-5-4-6-20(28)13-19)35-27(34(23)2)30-31-32-35/h4-16,25-26H,1-3H3. The van der Waals surface area contributed by atoms with E-state index in [1.54, 1.807) is 7.11 Å². The fourth-order valence-corrected chi connectivity index (χ4v) is 5.27. The number of imidazole rings is 1. The number of halogens is 1. The molecule has 36 heavy (non-hydrogen) atoms. The summed E-state index contributed by atoms with van der Waals surface area (Å²) >= 11 is 6.40. The second-order valence-corrected chi connectivity index (χ2v) is 9.33. The van der Waals surface area contributed by atoms with E-state index >= 15 is 0 Å². The van der Waals surface area contributed by atoms with Gasteiger partial charge in [-0.2, -0.15) is 4.68 Å². The Bertz CT molecular complexity index is 1540. The van der Waals surface area contributed by atoms with E-state index < -0.39 is 0 Å². The van der Waals surface area contributed by atoms with Gasteiger partial charge in [0.2, 0.25) is 0 Å². The summed E-state index contributed by atoms with van der Waals surface area (Å²) in [5, 5.41) is 13.3. The maximum Gasteiger partial charge on any atom is 0.250 e. The van der Waals surface area contributed by atoms with Gasteiger partial charge in [0, 0.05) is 42.3 Å². The van der Waals surface area contributed by atoms with Crippen LogP contribution in [0.15, 0.2) is 79.3 Å². The van der Waals surface area contributed by atoms with E-state index in [0.29, 0.717) is 11.0 Å². The molecule has 6 rings (SSSR count). The third-order valence-electron chi connectivity index (χ3n) is 6.82. The number of benzene rings is 3. The molecule has 0 spiro atoms. The SMILES string of the molecule is COc1ccc(C(c2ccc3c(c2)C(c2cccc(Cl)c2)n2nnnc2N3C)c2cncn2C)cc1. The molecule has 0 N–H and O–H groups in total. The molecule has 1 aliphatic heterocycles. The van der Waals surface area contributed by atoms with Crippen LogP contribution in [0.1, 0.15) is 39.9 Å². The van der Waals surface area contributed by atoms with Gasteiger partial charge < -0.3 is 14.2 Å². The highest BCUT2D eigenvalue weighted by atomic mass is 35.5. The molecule has 0 fully saturated rings. The van der Waals surface area contributed by atoms with Gasteiger partial charge in [-0.25, -0.2) is 4.98 Å². The molecule has 0 saturated heterocycles. The quantitative estimate of drug-likeness (QED) is 0.341. The second kappa shape index (κ2) is 8.80. The Morgan fingerprint density at radius 3 is 2.50 bits per heavy atom. The lowest BCUT2D eigenvalue weighted by Gasteiger charge is -2.33. The van der Waals surface area contributed by atoms with Crippen molar-refractivity contribution in [3.05, 3.63) is 112 Å². The van der Waals surface area contributed by atoms with E-state index in [0.717, 1.165) is 39.4 Å². The molecule has 9 heteroatoms. The Morgan fingerprint density at radius 1 is 0.972 bits per heavy atom. The third-order valence-corrected chi connectivity index (χ3v) is 7.06. The first-order valence-corrected chi connectivity index (χ1v) is 11.9. The number of hydrogen-bond acceptors (Lipinski definition) is 6. The zero-order valence-corrected chi connectivity index (χ0v) is 20.8. The molecule has 0 saturated carbocycles. The Kier molecular flexibility index (Phi) is 5.45. The third kappa shape index (κ3) is 3.61. The van der Waals surface area contributed by atoms with Crippen LogP contribution in [0.5, 0.6) is 5.75 Å². The molecule has 0 radical (unpaired) electrons. The zero-order chi connectivity index (χ0) is 24.8. The van der Waals surface area contributed by atoms with Crippen LogP contribution in [-0.4, -0.2) is 43.9 Å². The van der Waals surface area contributed by atoms with E-state index in [-0.39, 0.29) is 12.0 Å². The highest BCUT2D eigenvalue weighted by Crippen LogP contribution is 2.44. The largest absolute Gasteiger partial charge is 0.497 e. The number of ether oxygens (including phenoxy) is 1. The maximum atomic E-state index is 6.40. The van der Waals surface area contributed by atoms with Crippen molar-refractivity contribution >= 4 is 23.2 Å². The average molecular weight is 498 g/mol. The van der Waals surface area contributed by atoms with Gasteiger partial charge in [0.25, 0.3) is 5.95 Å². The van der Waals surface area contributed by atoms with Crippen LogP contribution in [-0.2, 0) is 7.05 Å². The zero-order valence-electron chi connectivity index (χ0n) is 20.1. The highest BCUT2D eigenvalue weighted by Gasteiger charge is 2.33. The fraction of sp³-hybridized carbons (Fsp3) is 0.185. The van der Waals surface area contributed by atoms with Crippen LogP contribution in [0.4, 0.5) is 11.6 Å². The van der Waals surface area contributed by atoms with Gasteiger partial charge in [-0.1, -0.05) is 53.1 Å². The summed E-state index contributed by atoms with van der Waals surface area (Å²) in [5.41, 5.74) is 6.53. The highest BCUT2D eigenvalue weighted by molar-refractivity contribution is 6.30. The molecule has 3 aromatic carbocycles. The van der Waals surface area contributed by atoms with Gasteiger partial charge in [0.05, 0.1) is 19.4 Å². The molecule has 2 atom stereocenters. The average Bonchev–Trinajstić information content (AvgIpc) is 3.55. The van der Waals surface area contributed by atoms with E-state index in [1.165, 1.54) is 0 Å². The maximum absolute atomic E-state index is 6.40. The van der Waals surface area contributed by atoms with Gasteiger partial charge in [-0.05, 0) is 57.4 Å². The molecule has 3 heterocycles. The van der Waals surface area contributed by atoms with Crippen molar-refractivity contribution < 1.29 is 4.74 Å². The van der Waals surface area contributed by atoms with Gasteiger partial charge in [-0.15, -0.1) is 0 Å². The number of methoxy groups -OCH3 is 1. The van der Waals surface area contributed by atoms with Crippen molar-refractivity contribution in [1.29, 1.82) is 0 Å². The Morgan fingerprint density at radius 2 is 1.78 bits per heavy atom. The van der Waals surface area contributed by atoms with Crippen molar-refractivity contribution in [2.45, 2.75) is 12.0 Å². The molecule has 0 bridgehead atoms. The molecular weight excluding hydrogens is 474 g/mol. The summed E-state index contributed by atoms with van der Waals surface area (Å²) in [5.74, 6) is 1.47. The topological polar surface area (TPSA) is 73.9 Å². The van der Waals surface area contributed by atoms with Crippen LogP contribution in [0, 0.1) is 0 Å². The number of aryl methyl sites for hydroxylation is 1. The summed E-state index contributed by atoms with van der Waals surface area (Å²) in [4.78, 5) is 6.43. The number of nitrogens with zero attached hydrogens (tertiary/aromatic N) is 7.